The second-order valence-electron chi connectivity index (χ2n) is 5.21. The molecule has 2 rings (SSSR count). The van der Waals surface area contributed by atoms with Gasteiger partial charge in [-0.1, -0.05) is 32.6 Å². The number of carbonyl (C=O) groups excluding carboxylic acids is 3. The van der Waals surface area contributed by atoms with Crippen molar-refractivity contribution in [3.63, 3.8) is 0 Å². The van der Waals surface area contributed by atoms with E-state index >= 15 is 0 Å². The maximum absolute atomic E-state index is 12.3. The molecular weight excluding hydrogens is 232 g/mol. The highest BCUT2D eigenvalue weighted by Gasteiger charge is 2.56. The predicted octanol–water partition coefficient (Wildman–Crippen LogP) is 1.82. The van der Waals surface area contributed by atoms with E-state index in [4.69, 9.17) is 0 Å². The van der Waals surface area contributed by atoms with Gasteiger partial charge >= 0.3 is 6.03 Å². The Bertz CT molecular complexity index is 374. The third-order valence-electron chi connectivity index (χ3n) is 4.00. The lowest BCUT2D eigenvalue weighted by Gasteiger charge is -2.44. The van der Waals surface area contributed by atoms with Gasteiger partial charge in [-0.3, -0.25) is 19.8 Å². The fourth-order valence-corrected chi connectivity index (χ4v) is 2.60. The topological polar surface area (TPSA) is 66.5 Å². The summed E-state index contributed by atoms with van der Waals surface area (Å²) in [6, 6.07) is -0.543. The van der Waals surface area contributed by atoms with Gasteiger partial charge in [0.2, 0.25) is 11.8 Å². The Balaban J connectivity index is 1.98. The third kappa shape index (κ3) is 2.02. The standard InChI is InChI=1S/C13H20N2O3/c1-2-3-4-5-9-15-11(17)13(7-6-8-13)10(16)14-12(15)18/h2-9H2,1H3,(H,14,16,18). The Morgan fingerprint density at radius 3 is 2.44 bits per heavy atom. The number of carbonyl (C=O) groups is 3. The van der Waals surface area contributed by atoms with Gasteiger partial charge in [-0.2, -0.15) is 0 Å². The van der Waals surface area contributed by atoms with E-state index in [0.717, 1.165) is 32.1 Å². The van der Waals surface area contributed by atoms with Crippen molar-refractivity contribution in [2.24, 2.45) is 5.41 Å². The molecule has 100 valence electrons. The molecule has 5 nitrogen and oxygen atoms in total. The molecule has 0 aromatic carbocycles. The first kappa shape index (κ1) is 13.1. The number of urea groups is 1. The lowest BCUT2D eigenvalue weighted by molar-refractivity contribution is -0.157. The molecule has 18 heavy (non-hydrogen) atoms. The minimum Gasteiger partial charge on any atom is -0.277 e. The SMILES string of the molecule is CCCCCCN1C(=O)NC(=O)C2(CCC2)C1=O. The van der Waals surface area contributed by atoms with E-state index in [1.807, 2.05) is 0 Å². The second kappa shape index (κ2) is 5.08. The Morgan fingerprint density at radius 1 is 1.17 bits per heavy atom. The van der Waals surface area contributed by atoms with Crippen LogP contribution in [0.1, 0.15) is 51.9 Å². The van der Waals surface area contributed by atoms with Gasteiger partial charge in [0, 0.05) is 6.54 Å². The van der Waals surface area contributed by atoms with Gasteiger partial charge in [-0.05, 0) is 19.3 Å². The highest BCUT2D eigenvalue weighted by Crippen LogP contribution is 2.44. The van der Waals surface area contributed by atoms with Crippen molar-refractivity contribution in [3.8, 4) is 0 Å². The zero-order chi connectivity index (χ0) is 13.2. The van der Waals surface area contributed by atoms with Crippen LogP contribution in [0, 0.1) is 5.41 Å². The normalized spacial score (nSPS) is 22.1. The molecule has 5 heteroatoms. The van der Waals surface area contributed by atoms with Crippen LogP contribution in [0.15, 0.2) is 0 Å². The fourth-order valence-electron chi connectivity index (χ4n) is 2.60. The summed E-state index contributed by atoms with van der Waals surface area (Å²) in [6.07, 6.45) is 6.09. The van der Waals surface area contributed by atoms with E-state index in [2.05, 4.69) is 12.2 Å². The Morgan fingerprint density at radius 2 is 1.89 bits per heavy atom. The van der Waals surface area contributed by atoms with Crippen LogP contribution in [0.3, 0.4) is 0 Å². The average molecular weight is 252 g/mol. The summed E-state index contributed by atoms with van der Waals surface area (Å²) in [7, 11) is 0. The monoisotopic (exact) mass is 252 g/mol. The van der Waals surface area contributed by atoms with Crippen LogP contribution in [0.5, 0.6) is 0 Å². The summed E-state index contributed by atoms with van der Waals surface area (Å²) in [5, 5.41) is 2.32. The van der Waals surface area contributed by atoms with E-state index in [1.54, 1.807) is 0 Å². The van der Waals surface area contributed by atoms with Gasteiger partial charge in [0.15, 0.2) is 0 Å². The van der Waals surface area contributed by atoms with Crippen LogP contribution >= 0.6 is 0 Å². The number of nitrogens with one attached hydrogen (secondary N) is 1. The van der Waals surface area contributed by atoms with Gasteiger partial charge in [-0.25, -0.2) is 4.79 Å². The van der Waals surface area contributed by atoms with Gasteiger partial charge in [0.05, 0.1) is 0 Å². The number of amides is 4. The van der Waals surface area contributed by atoms with E-state index < -0.39 is 17.4 Å². The molecule has 0 bridgehead atoms. The van der Waals surface area contributed by atoms with Crippen molar-refractivity contribution in [1.82, 2.24) is 10.2 Å². The summed E-state index contributed by atoms with van der Waals surface area (Å²) in [5.41, 5.74) is -0.918. The first-order valence-corrected chi connectivity index (χ1v) is 6.79. The molecule has 0 radical (unpaired) electrons. The number of hydrogen-bond acceptors (Lipinski definition) is 3. The zero-order valence-electron chi connectivity index (χ0n) is 10.8. The molecule has 0 atom stereocenters. The van der Waals surface area contributed by atoms with Crippen molar-refractivity contribution in [3.05, 3.63) is 0 Å². The number of nitrogens with zero attached hydrogens (tertiary/aromatic N) is 1. The van der Waals surface area contributed by atoms with Crippen LogP contribution < -0.4 is 5.32 Å². The van der Waals surface area contributed by atoms with Gasteiger partial charge in [0.1, 0.15) is 5.41 Å². The Kier molecular flexibility index (Phi) is 3.68. The highest BCUT2D eigenvalue weighted by atomic mass is 16.2. The molecule has 1 heterocycles. The molecule has 2 aliphatic rings. The predicted molar refractivity (Wildman–Crippen MR) is 65.7 cm³/mol. The highest BCUT2D eigenvalue weighted by molar-refractivity contribution is 6.19. The van der Waals surface area contributed by atoms with Crippen LogP contribution in [0.2, 0.25) is 0 Å². The largest absolute Gasteiger partial charge is 0.330 e. The molecule has 0 aromatic rings. The zero-order valence-corrected chi connectivity index (χ0v) is 10.8. The molecule has 1 saturated carbocycles. The van der Waals surface area contributed by atoms with Crippen LogP contribution in [-0.2, 0) is 9.59 Å². The first-order valence-electron chi connectivity index (χ1n) is 6.79. The minimum atomic E-state index is -0.918. The number of barbiturate groups is 1. The molecule has 1 aliphatic carbocycles. The fraction of sp³-hybridized carbons (Fsp3) is 0.769. The molecular formula is C13H20N2O3. The van der Waals surface area contributed by atoms with Crippen LogP contribution in [0.4, 0.5) is 4.79 Å². The van der Waals surface area contributed by atoms with Crippen molar-refractivity contribution in [2.45, 2.75) is 51.9 Å². The van der Waals surface area contributed by atoms with E-state index in [-0.39, 0.29) is 5.91 Å². The maximum Gasteiger partial charge on any atom is 0.330 e. The van der Waals surface area contributed by atoms with Crippen molar-refractivity contribution in [1.29, 1.82) is 0 Å². The Labute approximate surface area is 107 Å². The summed E-state index contributed by atoms with van der Waals surface area (Å²) in [5.74, 6) is -0.674. The van der Waals surface area contributed by atoms with Crippen LogP contribution in [0.25, 0.3) is 0 Å². The lowest BCUT2D eigenvalue weighted by atomic mass is 9.66. The van der Waals surface area contributed by atoms with Crippen LogP contribution in [-0.4, -0.2) is 29.3 Å². The third-order valence-corrected chi connectivity index (χ3v) is 4.00. The molecule has 1 N–H and O–H groups in total. The Hall–Kier alpha value is -1.39. The first-order chi connectivity index (χ1) is 8.62. The maximum atomic E-state index is 12.3. The van der Waals surface area contributed by atoms with E-state index in [9.17, 15) is 14.4 Å². The molecule has 0 aromatic heterocycles. The van der Waals surface area contributed by atoms with Gasteiger partial charge < -0.3 is 0 Å². The number of rotatable bonds is 5. The van der Waals surface area contributed by atoms with Gasteiger partial charge in [-0.15, -0.1) is 0 Å². The van der Waals surface area contributed by atoms with Crippen molar-refractivity contribution < 1.29 is 14.4 Å². The second-order valence-corrected chi connectivity index (χ2v) is 5.21. The quantitative estimate of drug-likeness (QED) is 0.599. The van der Waals surface area contributed by atoms with E-state index in [1.165, 1.54) is 4.90 Å². The minimum absolute atomic E-state index is 0.279. The molecule has 1 aliphatic heterocycles. The molecule has 0 unspecified atom stereocenters. The summed E-state index contributed by atoms with van der Waals surface area (Å²) in [6.45, 7) is 2.54. The number of imide groups is 2. The van der Waals surface area contributed by atoms with E-state index in [0.29, 0.717) is 19.4 Å². The smallest absolute Gasteiger partial charge is 0.277 e. The summed E-state index contributed by atoms with van der Waals surface area (Å²) >= 11 is 0. The molecule has 4 amide bonds. The summed E-state index contributed by atoms with van der Waals surface area (Å²) in [4.78, 5) is 36.9. The average Bonchev–Trinajstić information content (AvgIpc) is 2.25. The molecule has 2 fully saturated rings. The molecule has 1 spiro atoms. The van der Waals surface area contributed by atoms with Crippen molar-refractivity contribution >= 4 is 17.8 Å². The lowest BCUT2D eigenvalue weighted by Crippen LogP contribution is -2.66. The number of hydrogen-bond donors (Lipinski definition) is 1. The molecule has 1 saturated heterocycles. The van der Waals surface area contributed by atoms with Crippen molar-refractivity contribution in [2.75, 3.05) is 6.54 Å². The number of unbranched alkanes of at least 4 members (excludes halogenated alkanes) is 3. The summed E-state index contributed by atoms with van der Waals surface area (Å²) < 4.78 is 0. The van der Waals surface area contributed by atoms with Gasteiger partial charge in [0.25, 0.3) is 0 Å².